The fraction of sp³-hybridized carbons (Fsp3) is 1.00. The lowest BCUT2D eigenvalue weighted by Gasteiger charge is -2.43. The lowest BCUT2D eigenvalue weighted by atomic mass is 9.99. The summed E-state index contributed by atoms with van der Waals surface area (Å²) in [6, 6.07) is 0. The summed E-state index contributed by atoms with van der Waals surface area (Å²) in [5.74, 6) is 0. The zero-order chi connectivity index (χ0) is 26.5. The molecule has 4 rings (SSSR count). The van der Waals surface area contributed by atoms with Gasteiger partial charge in [0.05, 0.1) is 49.8 Å². The van der Waals surface area contributed by atoms with Crippen LogP contribution in [-0.4, -0.2) is 78.7 Å². The number of hydrogen-bond donors (Lipinski definition) is 0. The first-order chi connectivity index (χ1) is 16.6. The maximum absolute atomic E-state index is 7.08. The Morgan fingerprint density at radius 3 is 1.22 bits per heavy atom. The van der Waals surface area contributed by atoms with E-state index in [1.54, 1.807) is 0 Å². The van der Waals surface area contributed by atoms with Crippen molar-refractivity contribution < 1.29 is 27.8 Å². The van der Waals surface area contributed by atoms with E-state index < -0.39 is 16.6 Å². The van der Waals surface area contributed by atoms with Crippen LogP contribution in [0.5, 0.6) is 0 Å². The van der Waals surface area contributed by atoms with Crippen LogP contribution in [0.25, 0.3) is 0 Å². The predicted molar refractivity (Wildman–Crippen MR) is 149 cm³/mol. The average Bonchev–Trinajstić information content (AvgIpc) is 3.68. The minimum Gasteiger partial charge on any atom is -0.411 e. The smallest absolute Gasteiger partial charge is 0.192 e. The molecule has 4 aliphatic heterocycles. The van der Waals surface area contributed by atoms with Crippen molar-refractivity contribution in [1.29, 1.82) is 0 Å². The highest BCUT2D eigenvalue weighted by Gasteiger charge is 2.48. The predicted octanol–water partition coefficient (Wildman–Crippen LogP) is 6.44. The molecule has 0 aromatic heterocycles. The third-order valence-electron chi connectivity index (χ3n) is 9.79. The average molecular weight is 543 g/mol. The summed E-state index contributed by atoms with van der Waals surface area (Å²) in [5.41, 5.74) is 0. The first kappa shape index (κ1) is 29.2. The van der Waals surface area contributed by atoms with E-state index in [4.69, 9.17) is 27.8 Å². The molecule has 0 radical (unpaired) electrons. The van der Waals surface area contributed by atoms with Crippen LogP contribution in [-0.2, 0) is 27.8 Å². The van der Waals surface area contributed by atoms with Crippen LogP contribution in [0.1, 0.15) is 80.1 Å². The third-order valence-corrected chi connectivity index (χ3v) is 18.8. The topological polar surface area (TPSA) is 62.0 Å². The summed E-state index contributed by atoms with van der Waals surface area (Å²) in [5, 5.41) is 0.317. The molecule has 4 aliphatic rings. The summed E-state index contributed by atoms with van der Waals surface area (Å²) in [4.78, 5) is 0. The Kier molecular flexibility index (Phi) is 8.62. The van der Waals surface area contributed by atoms with Gasteiger partial charge in [-0.2, -0.15) is 0 Å². The Morgan fingerprint density at radius 2 is 0.944 bits per heavy atom. The monoisotopic (exact) mass is 542 g/mol. The molecule has 0 N–H and O–H groups in total. The molecule has 4 saturated heterocycles. The lowest BCUT2D eigenvalue weighted by molar-refractivity contribution is -0.0586. The second kappa shape index (κ2) is 10.6. The molecule has 4 heterocycles. The van der Waals surface area contributed by atoms with Crippen molar-refractivity contribution in [3.05, 3.63) is 0 Å². The van der Waals surface area contributed by atoms with E-state index in [2.05, 4.69) is 67.7 Å². The summed E-state index contributed by atoms with van der Waals surface area (Å²) in [6.07, 6.45) is 7.66. The van der Waals surface area contributed by atoms with Crippen LogP contribution in [0.4, 0.5) is 0 Å². The molecule has 210 valence electrons. The van der Waals surface area contributed by atoms with Gasteiger partial charge < -0.3 is 27.8 Å². The Balaban J connectivity index is 1.48. The molecule has 0 unspecified atom stereocenters. The summed E-state index contributed by atoms with van der Waals surface area (Å²) >= 11 is 0. The van der Waals surface area contributed by atoms with E-state index in [9.17, 15) is 0 Å². The van der Waals surface area contributed by atoms with Gasteiger partial charge in [-0.3, -0.25) is 0 Å². The third kappa shape index (κ3) is 7.03. The van der Waals surface area contributed by atoms with Crippen molar-refractivity contribution in [2.24, 2.45) is 0 Å². The van der Waals surface area contributed by atoms with Gasteiger partial charge in [0.25, 0.3) is 0 Å². The molecule has 0 aromatic rings. The van der Waals surface area contributed by atoms with Gasteiger partial charge >= 0.3 is 0 Å². The summed E-state index contributed by atoms with van der Waals surface area (Å²) < 4.78 is 38.4. The Labute approximate surface area is 222 Å². The second-order valence-electron chi connectivity index (χ2n) is 14.7. The van der Waals surface area contributed by atoms with Gasteiger partial charge in [0.2, 0.25) is 0 Å². The fourth-order valence-electron chi connectivity index (χ4n) is 5.09. The van der Waals surface area contributed by atoms with Crippen LogP contribution in [0.2, 0.25) is 36.3 Å². The van der Waals surface area contributed by atoms with Crippen molar-refractivity contribution in [1.82, 2.24) is 0 Å². The first-order valence-corrected chi connectivity index (χ1v) is 20.3. The van der Waals surface area contributed by atoms with Crippen molar-refractivity contribution in [2.45, 2.75) is 165 Å². The molecule has 0 amide bonds. The summed E-state index contributed by atoms with van der Waals surface area (Å²) in [6.45, 7) is 25.1. The van der Waals surface area contributed by atoms with Gasteiger partial charge in [-0.25, -0.2) is 0 Å². The maximum Gasteiger partial charge on any atom is 0.192 e. The van der Waals surface area contributed by atoms with Gasteiger partial charge in [0.15, 0.2) is 16.6 Å². The van der Waals surface area contributed by atoms with Gasteiger partial charge in [-0.15, -0.1) is 0 Å². The molecule has 4 fully saturated rings. The molecule has 6 nitrogen and oxygen atoms in total. The van der Waals surface area contributed by atoms with E-state index >= 15 is 0 Å². The standard InChI is InChI=1S/C28H54O6Si2/c1-27(2,3)35(7,8)33-23(19-11-13-21(31-19)25-17-29-25)15-16-24(34-36(9,10)28(4,5)6)20-12-14-22(32-20)26-18-30-26/h19-26H,11-18H2,1-10H3/t19-,20+,21+,22-,23-,24+,25-,26+. The maximum atomic E-state index is 7.08. The summed E-state index contributed by atoms with van der Waals surface area (Å²) in [7, 11) is -3.92. The highest BCUT2D eigenvalue weighted by atomic mass is 28.4. The molecule has 0 aromatic carbocycles. The van der Waals surface area contributed by atoms with Crippen LogP contribution in [0, 0.1) is 0 Å². The Hall–Kier alpha value is 0.194. The molecule has 36 heavy (non-hydrogen) atoms. The van der Waals surface area contributed by atoms with Crippen molar-refractivity contribution in [3.63, 3.8) is 0 Å². The first-order valence-electron chi connectivity index (χ1n) is 14.5. The van der Waals surface area contributed by atoms with E-state index in [-0.39, 0.29) is 46.7 Å². The molecule has 0 aliphatic carbocycles. The number of rotatable bonds is 11. The largest absolute Gasteiger partial charge is 0.411 e. The molecule has 8 atom stereocenters. The zero-order valence-corrected chi connectivity index (χ0v) is 26.7. The fourth-order valence-corrected chi connectivity index (χ4v) is 7.85. The van der Waals surface area contributed by atoms with Crippen LogP contribution in [0.3, 0.4) is 0 Å². The Bertz CT molecular complexity index is 675. The lowest BCUT2D eigenvalue weighted by Crippen LogP contribution is -2.49. The molecule has 0 saturated carbocycles. The normalized spacial score (nSPS) is 35.2. The highest BCUT2D eigenvalue weighted by Crippen LogP contribution is 2.43. The quantitative estimate of drug-likeness (QED) is 0.221. The molecular formula is C28H54O6Si2. The number of epoxide rings is 2. The van der Waals surface area contributed by atoms with E-state index in [1.165, 1.54) is 0 Å². The SMILES string of the molecule is CC(C)(C)[Si](C)(C)O[C@@H](CC[C@@H](O[Si](C)(C)C(C)(C)C)[C@H]1CC[C@@H]([C@H]2CO2)O1)[C@@H]1CC[C@H]([C@@H]2CO2)O1. The molecule has 8 heteroatoms. The van der Waals surface area contributed by atoms with Gasteiger partial charge in [0, 0.05) is 0 Å². The van der Waals surface area contributed by atoms with Crippen LogP contribution < -0.4 is 0 Å². The van der Waals surface area contributed by atoms with Crippen molar-refractivity contribution >= 4 is 16.6 Å². The van der Waals surface area contributed by atoms with Gasteiger partial charge in [0.1, 0.15) is 12.2 Å². The van der Waals surface area contributed by atoms with Crippen molar-refractivity contribution in [3.8, 4) is 0 Å². The second-order valence-corrected chi connectivity index (χ2v) is 24.2. The molecule has 0 bridgehead atoms. The highest BCUT2D eigenvalue weighted by molar-refractivity contribution is 6.74. The van der Waals surface area contributed by atoms with Crippen LogP contribution >= 0.6 is 0 Å². The van der Waals surface area contributed by atoms with E-state index in [0.29, 0.717) is 12.2 Å². The molecular weight excluding hydrogens is 488 g/mol. The minimum atomic E-state index is -1.96. The minimum absolute atomic E-state index is 0.0872. The number of ether oxygens (including phenoxy) is 4. The van der Waals surface area contributed by atoms with E-state index in [0.717, 1.165) is 51.7 Å². The molecule has 0 spiro atoms. The van der Waals surface area contributed by atoms with Crippen molar-refractivity contribution in [2.75, 3.05) is 13.2 Å². The van der Waals surface area contributed by atoms with Gasteiger partial charge in [-0.05, 0) is 74.8 Å². The van der Waals surface area contributed by atoms with E-state index in [1.807, 2.05) is 0 Å². The van der Waals surface area contributed by atoms with Crippen LogP contribution in [0.15, 0.2) is 0 Å². The zero-order valence-electron chi connectivity index (χ0n) is 24.7. The number of hydrogen-bond acceptors (Lipinski definition) is 6. The Morgan fingerprint density at radius 1 is 0.611 bits per heavy atom. The van der Waals surface area contributed by atoms with Gasteiger partial charge in [-0.1, -0.05) is 41.5 Å².